The number of Topliss-reactive ketones (excluding diaryl/α,β-unsaturated/α-hetero) is 1. The Balaban J connectivity index is 0.00000162. The first-order valence-corrected chi connectivity index (χ1v) is 6.95. The highest BCUT2D eigenvalue weighted by Gasteiger charge is 2.37. The molecule has 1 unspecified atom stereocenters. The summed E-state index contributed by atoms with van der Waals surface area (Å²) < 4.78 is 5.47. The highest BCUT2D eigenvalue weighted by molar-refractivity contribution is 5.83. The van der Waals surface area contributed by atoms with Gasteiger partial charge in [0.2, 0.25) is 0 Å². The van der Waals surface area contributed by atoms with Gasteiger partial charge in [-0.05, 0) is 37.5 Å². The average Bonchev–Trinajstić information content (AvgIpc) is 2.49. The molecule has 0 amide bonds. The number of rotatable bonds is 2. The van der Waals surface area contributed by atoms with Gasteiger partial charge in [-0.1, -0.05) is 25.5 Å². The molecule has 0 radical (unpaired) electrons. The van der Waals surface area contributed by atoms with Gasteiger partial charge in [0.25, 0.3) is 0 Å². The Bertz CT molecular complexity index is 305. The predicted octanol–water partition coefficient (Wildman–Crippen LogP) is 1.86. The van der Waals surface area contributed by atoms with E-state index in [1.807, 2.05) is 6.92 Å². The normalized spacial score (nSPS) is 25.9. The molecule has 4 nitrogen and oxygen atoms in total. The lowest BCUT2D eigenvalue weighted by Gasteiger charge is -2.37. The van der Waals surface area contributed by atoms with Crippen LogP contribution in [-0.4, -0.2) is 29.9 Å². The predicted molar refractivity (Wildman–Crippen MR) is 76.1 cm³/mol. The summed E-state index contributed by atoms with van der Waals surface area (Å²) in [6.45, 7) is 7.95. The topological polar surface area (TPSA) is 89.3 Å². The van der Waals surface area contributed by atoms with E-state index in [4.69, 9.17) is 4.74 Å². The standard InChI is InChI=1S/C15H24O2.2H2O/c1-3-14(16)13-5-4-6-15(11-12(13)2)7-9-17-10-8-15;;/h13H,2-11H2,1H3;2*1H2. The van der Waals surface area contributed by atoms with Crippen LogP contribution in [0.25, 0.3) is 0 Å². The minimum atomic E-state index is 0. The van der Waals surface area contributed by atoms with Crippen LogP contribution in [0.15, 0.2) is 12.2 Å². The summed E-state index contributed by atoms with van der Waals surface area (Å²) in [4.78, 5) is 11.9. The summed E-state index contributed by atoms with van der Waals surface area (Å²) in [5.74, 6) is 0.529. The first-order valence-electron chi connectivity index (χ1n) is 6.95. The van der Waals surface area contributed by atoms with Crippen molar-refractivity contribution in [2.75, 3.05) is 13.2 Å². The van der Waals surface area contributed by atoms with Crippen LogP contribution in [0, 0.1) is 11.3 Å². The summed E-state index contributed by atoms with van der Waals surface area (Å²) in [7, 11) is 0. The average molecular weight is 272 g/mol. The zero-order valence-electron chi connectivity index (χ0n) is 12.0. The third-order valence-electron chi connectivity index (χ3n) is 4.59. The van der Waals surface area contributed by atoms with Gasteiger partial charge < -0.3 is 15.7 Å². The van der Waals surface area contributed by atoms with Crippen molar-refractivity contribution in [3.05, 3.63) is 12.2 Å². The fraction of sp³-hybridized carbons (Fsp3) is 0.800. The minimum absolute atomic E-state index is 0. The van der Waals surface area contributed by atoms with Crippen molar-refractivity contribution in [1.82, 2.24) is 0 Å². The van der Waals surface area contributed by atoms with E-state index in [2.05, 4.69) is 6.58 Å². The molecule has 0 aromatic heterocycles. The Labute approximate surface area is 115 Å². The van der Waals surface area contributed by atoms with E-state index in [-0.39, 0.29) is 16.9 Å². The third-order valence-corrected chi connectivity index (χ3v) is 4.59. The lowest BCUT2D eigenvalue weighted by molar-refractivity contribution is -0.121. The molecule has 0 aromatic carbocycles. The first kappa shape index (κ1) is 18.3. The molecule has 4 heteroatoms. The molecule has 0 aromatic rings. The van der Waals surface area contributed by atoms with Crippen molar-refractivity contribution >= 4 is 5.78 Å². The van der Waals surface area contributed by atoms with Gasteiger partial charge in [-0.3, -0.25) is 4.79 Å². The summed E-state index contributed by atoms with van der Waals surface area (Å²) in [6.07, 6.45) is 7.46. The van der Waals surface area contributed by atoms with Crippen molar-refractivity contribution in [3.63, 3.8) is 0 Å². The fourth-order valence-corrected chi connectivity index (χ4v) is 3.44. The molecule has 2 aliphatic rings. The minimum Gasteiger partial charge on any atom is -0.412 e. The maximum Gasteiger partial charge on any atom is 0.139 e. The Morgan fingerprint density at radius 2 is 1.95 bits per heavy atom. The van der Waals surface area contributed by atoms with Crippen LogP contribution in [0.2, 0.25) is 0 Å². The number of carbonyl (C=O) groups is 1. The maximum atomic E-state index is 11.9. The molecule has 1 heterocycles. The van der Waals surface area contributed by atoms with Crippen LogP contribution in [0.5, 0.6) is 0 Å². The fourth-order valence-electron chi connectivity index (χ4n) is 3.44. The third kappa shape index (κ3) is 4.13. The zero-order chi connectivity index (χ0) is 12.3. The van der Waals surface area contributed by atoms with E-state index in [0.717, 1.165) is 38.9 Å². The molecule has 1 spiro atoms. The monoisotopic (exact) mass is 272 g/mol. The quantitative estimate of drug-likeness (QED) is 0.718. The second-order valence-electron chi connectivity index (χ2n) is 5.71. The molecule has 1 atom stereocenters. The molecule has 4 N–H and O–H groups in total. The number of ketones is 1. The first-order chi connectivity index (χ1) is 8.17. The van der Waals surface area contributed by atoms with Gasteiger partial charge in [-0.2, -0.15) is 0 Å². The van der Waals surface area contributed by atoms with Gasteiger partial charge >= 0.3 is 0 Å². The second-order valence-corrected chi connectivity index (χ2v) is 5.71. The van der Waals surface area contributed by atoms with Crippen LogP contribution in [0.3, 0.4) is 0 Å². The molecule has 1 aliphatic carbocycles. The number of allylic oxidation sites excluding steroid dienone is 1. The van der Waals surface area contributed by atoms with Crippen molar-refractivity contribution in [1.29, 1.82) is 0 Å². The Hall–Kier alpha value is -0.710. The van der Waals surface area contributed by atoms with Gasteiger partial charge in [0.05, 0.1) is 0 Å². The van der Waals surface area contributed by atoms with Crippen LogP contribution < -0.4 is 0 Å². The Kier molecular flexibility index (Phi) is 7.49. The summed E-state index contributed by atoms with van der Waals surface area (Å²) >= 11 is 0. The van der Waals surface area contributed by atoms with Crippen molar-refractivity contribution < 1.29 is 20.5 Å². The summed E-state index contributed by atoms with van der Waals surface area (Å²) in [6, 6.07) is 0. The summed E-state index contributed by atoms with van der Waals surface area (Å²) in [5, 5.41) is 0. The molecule has 2 rings (SSSR count). The smallest absolute Gasteiger partial charge is 0.139 e. The SMILES string of the molecule is C=C1CC2(CCCC1C(=O)CC)CCOCC2.O.O. The number of hydrogen-bond acceptors (Lipinski definition) is 2. The number of carbonyl (C=O) groups excluding carboxylic acids is 1. The van der Waals surface area contributed by atoms with Crippen LogP contribution in [-0.2, 0) is 9.53 Å². The van der Waals surface area contributed by atoms with Crippen LogP contribution in [0.4, 0.5) is 0 Å². The van der Waals surface area contributed by atoms with Crippen molar-refractivity contribution in [2.24, 2.45) is 11.3 Å². The molecular weight excluding hydrogens is 244 g/mol. The molecule has 1 saturated heterocycles. The molecule has 1 saturated carbocycles. The highest BCUT2D eigenvalue weighted by atomic mass is 16.5. The van der Waals surface area contributed by atoms with Crippen molar-refractivity contribution in [2.45, 2.75) is 51.9 Å². The number of hydrogen-bond donors (Lipinski definition) is 0. The highest BCUT2D eigenvalue weighted by Crippen LogP contribution is 2.46. The van der Waals surface area contributed by atoms with Gasteiger partial charge in [0.1, 0.15) is 5.78 Å². The van der Waals surface area contributed by atoms with E-state index >= 15 is 0 Å². The molecule has 1 aliphatic heterocycles. The van der Waals surface area contributed by atoms with Gasteiger partial charge in [-0.15, -0.1) is 0 Å². The molecule has 112 valence electrons. The zero-order valence-corrected chi connectivity index (χ0v) is 12.0. The van der Waals surface area contributed by atoms with Gasteiger partial charge in [-0.25, -0.2) is 0 Å². The van der Waals surface area contributed by atoms with Gasteiger partial charge in [0, 0.05) is 25.6 Å². The van der Waals surface area contributed by atoms with E-state index in [1.54, 1.807) is 0 Å². The van der Waals surface area contributed by atoms with E-state index in [0.29, 0.717) is 17.6 Å². The Morgan fingerprint density at radius 3 is 2.53 bits per heavy atom. The Morgan fingerprint density at radius 1 is 1.32 bits per heavy atom. The summed E-state index contributed by atoms with van der Waals surface area (Å²) in [5.41, 5.74) is 1.59. The van der Waals surface area contributed by atoms with Crippen molar-refractivity contribution in [3.8, 4) is 0 Å². The molecular formula is C15H28O4. The van der Waals surface area contributed by atoms with E-state index in [9.17, 15) is 4.79 Å². The maximum absolute atomic E-state index is 11.9. The molecule has 19 heavy (non-hydrogen) atoms. The largest absolute Gasteiger partial charge is 0.412 e. The van der Waals surface area contributed by atoms with E-state index < -0.39 is 0 Å². The van der Waals surface area contributed by atoms with Crippen LogP contribution >= 0.6 is 0 Å². The second kappa shape index (κ2) is 7.78. The van der Waals surface area contributed by atoms with E-state index in [1.165, 1.54) is 18.4 Å². The van der Waals surface area contributed by atoms with Crippen LogP contribution in [0.1, 0.15) is 51.9 Å². The molecule has 2 fully saturated rings. The lowest BCUT2D eigenvalue weighted by Crippen LogP contribution is -2.29. The lowest BCUT2D eigenvalue weighted by atomic mass is 9.73. The molecule has 0 bridgehead atoms. The van der Waals surface area contributed by atoms with Gasteiger partial charge in [0.15, 0.2) is 0 Å². The number of ether oxygens (including phenoxy) is 1.